The van der Waals surface area contributed by atoms with Crippen molar-refractivity contribution in [2.24, 2.45) is 7.05 Å². The van der Waals surface area contributed by atoms with Gasteiger partial charge in [-0.1, -0.05) is 5.10 Å². The second kappa shape index (κ2) is 5.68. The highest BCUT2D eigenvalue weighted by Gasteiger charge is 2.25. The van der Waals surface area contributed by atoms with Crippen LogP contribution in [-0.2, 0) is 17.1 Å². The summed E-state index contributed by atoms with van der Waals surface area (Å²) >= 11 is 0. The van der Waals surface area contributed by atoms with E-state index in [1.807, 2.05) is 13.8 Å². The first-order valence-electron chi connectivity index (χ1n) is 6.30. The van der Waals surface area contributed by atoms with E-state index in [0.717, 1.165) is 4.31 Å². The molecule has 1 aromatic heterocycles. The van der Waals surface area contributed by atoms with Crippen molar-refractivity contribution in [3.63, 3.8) is 0 Å². The first-order chi connectivity index (χ1) is 9.82. The van der Waals surface area contributed by atoms with Crippen LogP contribution in [0, 0.1) is 0 Å². The van der Waals surface area contributed by atoms with E-state index in [1.54, 1.807) is 19.2 Å². The monoisotopic (exact) mass is 311 g/mol. The lowest BCUT2D eigenvalue weighted by Crippen LogP contribution is -2.29. The Morgan fingerprint density at radius 1 is 1.24 bits per heavy atom. The van der Waals surface area contributed by atoms with E-state index < -0.39 is 10.0 Å². The molecule has 21 heavy (non-hydrogen) atoms. The number of aryl methyl sites for hydroxylation is 1. The Balaban J connectivity index is 2.29. The molecule has 0 unspecified atom stereocenters. The van der Waals surface area contributed by atoms with E-state index in [0.29, 0.717) is 5.75 Å². The van der Waals surface area contributed by atoms with Gasteiger partial charge in [-0.05, 0) is 48.5 Å². The van der Waals surface area contributed by atoms with Gasteiger partial charge in [-0.15, -0.1) is 0 Å². The third-order valence-corrected chi connectivity index (χ3v) is 4.49. The zero-order chi connectivity index (χ0) is 15.6. The van der Waals surface area contributed by atoms with Crippen LogP contribution in [0.1, 0.15) is 13.8 Å². The summed E-state index contributed by atoms with van der Waals surface area (Å²) in [7, 11) is -0.743. The van der Waals surface area contributed by atoms with Gasteiger partial charge in [-0.3, -0.25) is 0 Å². The number of sulfonamides is 1. The summed E-state index contributed by atoms with van der Waals surface area (Å²) in [5, 5.41) is 10.7. The fourth-order valence-corrected chi connectivity index (χ4v) is 2.89. The van der Waals surface area contributed by atoms with Crippen LogP contribution >= 0.6 is 0 Å². The number of aromatic nitrogens is 4. The first-order valence-corrected chi connectivity index (χ1v) is 7.74. The quantitative estimate of drug-likeness (QED) is 0.812. The van der Waals surface area contributed by atoms with Crippen LogP contribution in [-0.4, -0.2) is 41.8 Å². The molecule has 1 heterocycles. The number of nitrogens with zero attached hydrogens (tertiary/aromatic N) is 5. The predicted molar refractivity (Wildman–Crippen MR) is 76.6 cm³/mol. The lowest BCUT2D eigenvalue weighted by molar-refractivity contribution is 0.242. The molecular weight excluding hydrogens is 294 g/mol. The van der Waals surface area contributed by atoms with Crippen molar-refractivity contribution in [2.75, 3.05) is 11.4 Å². The zero-order valence-corrected chi connectivity index (χ0v) is 13.1. The number of hydrogen-bond acceptors (Lipinski definition) is 6. The molecule has 2 rings (SSSR count). The van der Waals surface area contributed by atoms with Gasteiger partial charge in [0.25, 0.3) is 16.0 Å². The van der Waals surface area contributed by atoms with E-state index >= 15 is 0 Å². The normalized spacial score (nSPS) is 11.7. The summed E-state index contributed by atoms with van der Waals surface area (Å²) in [6.07, 6.45) is 0.0276. The SMILES string of the molecule is CC(C)Oc1ccc(S(=O)(=O)N(C)c2nnnn2C)cc1. The number of tetrazole rings is 1. The van der Waals surface area contributed by atoms with Crippen LogP contribution in [0.15, 0.2) is 29.2 Å². The highest BCUT2D eigenvalue weighted by atomic mass is 32.2. The molecule has 8 nitrogen and oxygen atoms in total. The third kappa shape index (κ3) is 3.13. The maximum Gasteiger partial charge on any atom is 0.266 e. The van der Waals surface area contributed by atoms with Crippen LogP contribution in [0.5, 0.6) is 5.75 Å². The van der Waals surface area contributed by atoms with Crippen LogP contribution in [0.2, 0.25) is 0 Å². The van der Waals surface area contributed by atoms with Gasteiger partial charge in [-0.25, -0.2) is 17.4 Å². The number of hydrogen-bond donors (Lipinski definition) is 0. The Morgan fingerprint density at radius 3 is 2.33 bits per heavy atom. The first kappa shape index (κ1) is 15.2. The second-order valence-electron chi connectivity index (χ2n) is 4.71. The van der Waals surface area contributed by atoms with Crippen molar-refractivity contribution in [3.05, 3.63) is 24.3 Å². The molecule has 0 aliphatic rings. The minimum atomic E-state index is -3.72. The molecule has 0 spiro atoms. The van der Waals surface area contributed by atoms with Crippen molar-refractivity contribution in [2.45, 2.75) is 24.8 Å². The van der Waals surface area contributed by atoms with E-state index in [2.05, 4.69) is 15.5 Å². The zero-order valence-electron chi connectivity index (χ0n) is 12.3. The standard InChI is InChI=1S/C12H17N5O3S/c1-9(2)20-10-5-7-11(8-6-10)21(18,19)17(4)12-13-14-15-16(12)3/h5-9H,1-4H3. The Morgan fingerprint density at radius 2 is 1.86 bits per heavy atom. The molecule has 0 saturated heterocycles. The summed E-state index contributed by atoms with van der Waals surface area (Å²) in [5.74, 6) is 0.754. The molecule has 0 atom stereocenters. The highest BCUT2D eigenvalue weighted by Crippen LogP contribution is 2.22. The van der Waals surface area contributed by atoms with Gasteiger partial charge in [0.05, 0.1) is 11.0 Å². The summed E-state index contributed by atoms with van der Waals surface area (Å²) in [6.45, 7) is 3.80. The summed E-state index contributed by atoms with van der Waals surface area (Å²) in [4.78, 5) is 0.143. The topological polar surface area (TPSA) is 90.2 Å². The molecule has 9 heteroatoms. The fraction of sp³-hybridized carbons (Fsp3) is 0.417. The maximum atomic E-state index is 12.5. The molecule has 0 fully saturated rings. The van der Waals surface area contributed by atoms with Gasteiger partial charge >= 0.3 is 0 Å². The number of rotatable bonds is 5. The molecule has 0 aliphatic carbocycles. The predicted octanol–water partition coefficient (Wildman–Crippen LogP) is 0.822. The average Bonchev–Trinajstić information content (AvgIpc) is 2.84. The summed E-state index contributed by atoms with van der Waals surface area (Å²) < 4.78 is 32.8. The van der Waals surface area contributed by atoms with Gasteiger partial charge in [0.1, 0.15) is 5.75 Å². The largest absolute Gasteiger partial charge is 0.491 e. The maximum absolute atomic E-state index is 12.5. The summed E-state index contributed by atoms with van der Waals surface area (Å²) in [5.41, 5.74) is 0. The van der Waals surface area contributed by atoms with Gasteiger partial charge in [0, 0.05) is 14.1 Å². The van der Waals surface area contributed by atoms with Crippen LogP contribution in [0.25, 0.3) is 0 Å². The second-order valence-corrected chi connectivity index (χ2v) is 6.68. The minimum Gasteiger partial charge on any atom is -0.491 e. The van der Waals surface area contributed by atoms with Crippen LogP contribution in [0.4, 0.5) is 5.95 Å². The third-order valence-electron chi connectivity index (χ3n) is 2.73. The molecule has 0 bridgehead atoms. The molecule has 0 aliphatic heterocycles. The molecule has 2 aromatic rings. The molecular formula is C12H17N5O3S. The summed E-state index contributed by atoms with van der Waals surface area (Å²) in [6, 6.07) is 6.23. The molecule has 0 N–H and O–H groups in total. The van der Waals surface area contributed by atoms with E-state index in [-0.39, 0.29) is 16.9 Å². The number of anilines is 1. The van der Waals surface area contributed by atoms with E-state index in [1.165, 1.54) is 23.9 Å². The molecule has 114 valence electrons. The molecule has 0 radical (unpaired) electrons. The minimum absolute atomic E-state index is 0.0276. The Labute approximate surface area is 123 Å². The lowest BCUT2D eigenvalue weighted by atomic mass is 10.3. The van der Waals surface area contributed by atoms with Crippen LogP contribution < -0.4 is 9.04 Å². The van der Waals surface area contributed by atoms with E-state index in [4.69, 9.17) is 4.74 Å². The van der Waals surface area contributed by atoms with Crippen molar-refractivity contribution < 1.29 is 13.2 Å². The Kier molecular flexibility index (Phi) is 4.12. The Bertz CT molecular complexity index is 709. The molecule has 0 saturated carbocycles. The highest BCUT2D eigenvalue weighted by molar-refractivity contribution is 7.92. The van der Waals surface area contributed by atoms with Crippen molar-refractivity contribution in [3.8, 4) is 5.75 Å². The van der Waals surface area contributed by atoms with Crippen molar-refractivity contribution >= 4 is 16.0 Å². The molecule has 0 amide bonds. The van der Waals surface area contributed by atoms with Gasteiger partial charge in [-0.2, -0.15) is 0 Å². The smallest absolute Gasteiger partial charge is 0.266 e. The molecule has 1 aromatic carbocycles. The number of benzene rings is 1. The average molecular weight is 311 g/mol. The van der Waals surface area contributed by atoms with Gasteiger partial charge < -0.3 is 4.74 Å². The lowest BCUT2D eigenvalue weighted by Gasteiger charge is -2.17. The van der Waals surface area contributed by atoms with Gasteiger partial charge in [0.15, 0.2) is 0 Å². The fourth-order valence-electron chi connectivity index (χ4n) is 1.72. The van der Waals surface area contributed by atoms with Crippen molar-refractivity contribution in [1.82, 2.24) is 20.2 Å². The van der Waals surface area contributed by atoms with E-state index in [9.17, 15) is 8.42 Å². The van der Waals surface area contributed by atoms with Gasteiger partial charge in [0.2, 0.25) is 0 Å². The van der Waals surface area contributed by atoms with Crippen LogP contribution in [0.3, 0.4) is 0 Å². The Hall–Kier alpha value is -2.16. The number of ether oxygens (including phenoxy) is 1. The van der Waals surface area contributed by atoms with Crippen molar-refractivity contribution in [1.29, 1.82) is 0 Å².